The molecular weight excluding hydrogens is 638 g/mol. The van der Waals surface area contributed by atoms with E-state index in [4.69, 9.17) is 20.9 Å². The van der Waals surface area contributed by atoms with Gasteiger partial charge in [-0.1, -0.05) is 187 Å². The fourth-order valence-electron chi connectivity index (χ4n) is 6.55. The first-order chi connectivity index (χ1) is 25.0. The Labute approximate surface area is 315 Å². The second-order valence-electron chi connectivity index (χ2n) is 15.1. The SMILES string of the molecule is CCCCCCCCCCCCCCCCOC(=O)CC[C@H](NC(=O)C(N)CCCCN)C(=O)OCCCCCCCCCCCCCCCC. The van der Waals surface area contributed by atoms with E-state index in [0.717, 1.165) is 44.9 Å². The molecular formula is C43H85N3O5. The summed E-state index contributed by atoms with van der Waals surface area (Å²) in [5, 5.41) is 2.75. The monoisotopic (exact) mass is 724 g/mol. The fraction of sp³-hybridized carbons (Fsp3) is 0.930. The molecule has 0 saturated heterocycles. The second-order valence-corrected chi connectivity index (χ2v) is 15.1. The van der Waals surface area contributed by atoms with E-state index in [-0.39, 0.29) is 18.8 Å². The van der Waals surface area contributed by atoms with Crippen molar-refractivity contribution in [2.24, 2.45) is 11.5 Å². The Morgan fingerprint density at radius 3 is 1.25 bits per heavy atom. The van der Waals surface area contributed by atoms with E-state index in [1.165, 1.54) is 148 Å². The average Bonchev–Trinajstić information content (AvgIpc) is 3.13. The molecule has 1 amide bonds. The van der Waals surface area contributed by atoms with Crippen LogP contribution in [0.4, 0.5) is 0 Å². The molecule has 0 aliphatic rings. The lowest BCUT2D eigenvalue weighted by molar-refractivity contribution is -0.149. The van der Waals surface area contributed by atoms with Gasteiger partial charge in [-0.2, -0.15) is 0 Å². The number of nitrogens with two attached hydrogens (primary N) is 2. The van der Waals surface area contributed by atoms with Gasteiger partial charge in [-0.25, -0.2) is 4.79 Å². The predicted molar refractivity (Wildman–Crippen MR) is 215 cm³/mol. The standard InChI is InChI=1S/C43H85N3O5/c1-3-5-7-9-11-13-15-17-19-21-23-25-27-31-37-50-41(47)35-34-40(46-42(48)39(45)33-29-30-36-44)43(49)51-38-32-28-26-24-22-20-18-16-14-12-10-8-6-4-2/h39-40H,3-38,44-45H2,1-2H3,(H,46,48)/t39?,40-/m0/s1. The largest absolute Gasteiger partial charge is 0.466 e. The number of esters is 2. The van der Waals surface area contributed by atoms with Gasteiger partial charge in [0.1, 0.15) is 6.04 Å². The number of rotatable bonds is 40. The summed E-state index contributed by atoms with van der Waals surface area (Å²) in [4.78, 5) is 38.2. The van der Waals surface area contributed by atoms with Crippen LogP contribution in [0.25, 0.3) is 0 Å². The summed E-state index contributed by atoms with van der Waals surface area (Å²) < 4.78 is 11.0. The van der Waals surface area contributed by atoms with E-state index in [2.05, 4.69) is 19.2 Å². The van der Waals surface area contributed by atoms with Gasteiger partial charge in [0.15, 0.2) is 0 Å². The van der Waals surface area contributed by atoms with Gasteiger partial charge in [-0.3, -0.25) is 9.59 Å². The van der Waals surface area contributed by atoms with Crippen molar-refractivity contribution in [1.29, 1.82) is 0 Å². The Bertz CT molecular complexity index is 781. The lowest BCUT2D eigenvalue weighted by atomic mass is 10.0. The molecule has 0 saturated carbocycles. The second kappa shape index (κ2) is 39.5. The fourth-order valence-corrected chi connectivity index (χ4v) is 6.55. The molecule has 0 aliphatic carbocycles. The van der Waals surface area contributed by atoms with Gasteiger partial charge in [0.2, 0.25) is 5.91 Å². The zero-order valence-electron chi connectivity index (χ0n) is 33.8. The van der Waals surface area contributed by atoms with Crippen LogP contribution in [0, 0.1) is 0 Å². The van der Waals surface area contributed by atoms with Crippen molar-refractivity contribution in [3.05, 3.63) is 0 Å². The lowest BCUT2D eigenvalue weighted by Crippen LogP contribution is -2.49. The Balaban J connectivity index is 4.20. The first-order valence-electron chi connectivity index (χ1n) is 22.0. The molecule has 2 atom stereocenters. The van der Waals surface area contributed by atoms with Crippen LogP contribution in [-0.4, -0.2) is 49.7 Å². The summed E-state index contributed by atoms with van der Waals surface area (Å²) in [6.07, 6.45) is 37.7. The highest BCUT2D eigenvalue weighted by atomic mass is 16.5. The molecule has 0 aliphatic heterocycles. The number of unbranched alkanes of at least 4 members (excludes halogenated alkanes) is 27. The number of nitrogens with one attached hydrogen (secondary N) is 1. The van der Waals surface area contributed by atoms with Gasteiger partial charge in [-0.05, 0) is 38.6 Å². The first-order valence-corrected chi connectivity index (χ1v) is 22.0. The van der Waals surface area contributed by atoms with Crippen molar-refractivity contribution < 1.29 is 23.9 Å². The van der Waals surface area contributed by atoms with Crippen molar-refractivity contribution in [2.45, 2.75) is 238 Å². The van der Waals surface area contributed by atoms with Gasteiger partial charge in [0.25, 0.3) is 0 Å². The molecule has 51 heavy (non-hydrogen) atoms. The Hall–Kier alpha value is -1.67. The molecule has 5 N–H and O–H groups in total. The minimum absolute atomic E-state index is 0.0416. The topological polar surface area (TPSA) is 134 Å². The van der Waals surface area contributed by atoms with Crippen molar-refractivity contribution >= 4 is 17.8 Å². The highest BCUT2D eigenvalue weighted by Crippen LogP contribution is 2.15. The molecule has 0 fully saturated rings. The maximum Gasteiger partial charge on any atom is 0.328 e. The van der Waals surface area contributed by atoms with E-state index in [0.29, 0.717) is 26.2 Å². The van der Waals surface area contributed by atoms with E-state index in [9.17, 15) is 14.4 Å². The molecule has 0 aromatic heterocycles. The third-order valence-corrected chi connectivity index (χ3v) is 10.0. The zero-order chi connectivity index (χ0) is 37.5. The van der Waals surface area contributed by atoms with Crippen molar-refractivity contribution in [3.63, 3.8) is 0 Å². The molecule has 0 heterocycles. The number of hydrogen-bond donors (Lipinski definition) is 3. The van der Waals surface area contributed by atoms with Crippen LogP contribution in [0.5, 0.6) is 0 Å². The number of amides is 1. The third kappa shape index (κ3) is 35.1. The van der Waals surface area contributed by atoms with Crippen LogP contribution in [-0.2, 0) is 23.9 Å². The minimum atomic E-state index is -0.918. The van der Waals surface area contributed by atoms with Crippen LogP contribution in [0.2, 0.25) is 0 Å². The van der Waals surface area contributed by atoms with E-state index >= 15 is 0 Å². The Kier molecular flexibility index (Phi) is 38.2. The summed E-state index contributed by atoms with van der Waals surface area (Å²) in [5.74, 6) is -1.26. The summed E-state index contributed by atoms with van der Waals surface area (Å²) in [6.45, 7) is 5.78. The van der Waals surface area contributed by atoms with Crippen molar-refractivity contribution in [3.8, 4) is 0 Å². The highest BCUT2D eigenvalue weighted by molar-refractivity contribution is 5.87. The molecule has 0 rings (SSSR count). The summed E-state index contributed by atoms with van der Waals surface area (Å²) >= 11 is 0. The number of ether oxygens (including phenoxy) is 2. The zero-order valence-corrected chi connectivity index (χ0v) is 33.8. The molecule has 0 aromatic rings. The molecule has 8 nitrogen and oxygen atoms in total. The number of hydrogen-bond acceptors (Lipinski definition) is 7. The molecule has 302 valence electrons. The van der Waals surface area contributed by atoms with Gasteiger partial charge >= 0.3 is 11.9 Å². The van der Waals surface area contributed by atoms with Gasteiger partial charge in [0, 0.05) is 6.42 Å². The van der Waals surface area contributed by atoms with Gasteiger partial charge < -0.3 is 26.3 Å². The quantitative estimate of drug-likeness (QED) is 0.0423. The van der Waals surface area contributed by atoms with Gasteiger partial charge in [0.05, 0.1) is 19.3 Å². The van der Waals surface area contributed by atoms with E-state index in [1.54, 1.807) is 0 Å². The normalized spacial score (nSPS) is 12.5. The Morgan fingerprint density at radius 1 is 0.490 bits per heavy atom. The van der Waals surface area contributed by atoms with Gasteiger partial charge in [-0.15, -0.1) is 0 Å². The predicted octanol–water partition coefficient (Wildman–Crippen LogP) is 10.8. The van der Waals surface area contributed by atoms with E-state index in [1.807, 2.05) is 0 Å². The molecule has 0 spiro atoms. The van der Waals surface area contributed by atoms with Crippen LogP contribution in [0.1, 0.15) is 226 Å². The maximum atomic E-state index is 13.0. The highest BCUT2D eigenvalue weighted by Gasteiger charge is 2.26. The molecule has 0 bridgehead atoms. The molecule has 0 aromatic carbocycles. The van der Waals surface area contributed by atoms with Crippen molar-refractivity contribution in [2.75, 3.05) is 19.8 Å². The molecule has 8 heteroatoms. The summed E-state index contributed by atoms with van der Waals surface area (Å²) in [7, 11) is 0. The molecule has 0 radical (unpaired) electrons. The summed E-state index contributed by atoms with van der Waals surface area (Å²) in [5.41, 5.74) is 11.6. The number of carbonyl (C=O) groups excluding carboxylic acids is 3. The average molecular weight is 724 g/mol. The first kappa shape index (κ1) is 49.3. The molecule has 1 unspecified atom stereocenters. The third-order valence-electron chi connectivity index (χ3n) is 10.0. The van der Waals surface area contributed by atoms with Crippen molar-refractivity contribution in [1.82, 2.24) is 5.32 Å². The Morgan fingerprint density at radius 2 is 0.863 bits per heavy atom. The van der Waals surface area contributed by atoms with E-state index < -0.39 is 24.0 Å². The van der Waals surface area contributed by atoms with Crippen LogP contribution in [0.3, 0.4) is 0 Å². The van der Waals surface area contributed by atoms with Crippen LogP contribution in [0.15, 0.2) is 0 Å². The smallest absolute Gasteiger partial charge is 0.328 e. The minimum Gasteiger partial charge on any atom is -0.466 e. The number of carbonyl (C=O) groups is 3. The van der Waals surface area contributed by atoms with Crippen LogP contribution >= 0.6 is 0 Å². The maximum absolute atomic E-state index is 13.0. The van der Waals surface area contributed by atoms with Crippen LogP contribution < -0.4 is 16.8 Å². The lowest BCUT2D eigenvalue weighted by Gasteiger charge is -2.20. The summed E-state index contributed by atoms with van der Waals surface area (Å²) in [6, 6.07) is -1.65.